The van der Waals surface area contributed by atoms with E-state index < -0.39 is 23.5 Å². The third-order valence-corrected chi connectivity index (χ3v) is 4.74. The monoisotopic (exact) mass is 363 g/mol. The fourth-order valence-corrected chi connectivity index (χ4v) is 3.58. The summed E-state index contributed by atoms with van der Waals surface area (Å²) >= 11 is 6.10. The molecule has 2 heterocycles. The van der Waals surface area contributed by atoms with Crippen molar-refractivity contribution in [1.29, 1.82) is 0 Å². The van der Waals surface area contributed by atoms with Gasteiger partial charge in [-0.05, 0) is 25.2 Å². The number of hydrogen-bond donors (Lipinski definition) is 2. The molecule has 1 aromatic heterocycles. The molecule has 1 aliphatic rings. The Morgan fingerprint density at radius 2 is 2.17 bits per heavy atom. The Labute approximate surface area is 146 Å². The number of nitrogens with zero attached hydrogens (tertiary/aromatic N) is 2. The average molecular weight is 363 g/mol. The van der Waals surface area contributed by atoms with Crippen molar-refractivity contribution in [2.24, 2.45) is 0 Å². The van der Waals surface area contributed by atoms with Crippen LogP contribution < -0.4 is 9.64 Å². The molecule has 124 valence electrons. The summed E-state index contributed by atoms with van der Waals surface area (Å²) in [6.07, 6.45) is 0. The second-order valence-electron chi connectivity index (χ2n) is 5.03. The van der Waals surface area contributed by atoms with Crippen LogP contribution in [0, 0.1) is 3.95 Å². The quantitative estimate of drug-likeness (QED) is 0.811. The Balaban J connectivity index is 2.24. The van der Waals surface area contributed by atoms with E-state index in [1.54, 1.807) is 24.3 Å². The summed E-state index contributed by atoms with van der Waals surface area (Å²) in [4.78, 5) is 25.9. The van der Waals surface area contributed by atoms with Crippen molar-refractivity contribution in [1.82, 2.24) is 10.2 Å². The summed E-state index contributed by atoms with van der Waals surface area (Å²) in [5, 5.41) is 17.1. The van der Waals surface area contributed by atoms with Crippen molar-refractivity contribution in [2.75, 3.05) is 12.0 Å². The Morgan fingerprint density at radius 1 is 1.46 bits per heavy atom. The van der Waals surface area contributed by atoms with E-state index in [0.29, 0.717) is 15.3 Å². The summed E-state index contributed by atoms with van der Waals surface area (Å²) in [6.45, 7) is 1.30. The molecule has 0 saturated carbocycles. The number of anilines is 1. The second-order valence-corrected chi connectivity index (χ2v) is 6.68. The topological polar surface area (TPSA) is 95.5 Å². The minimum atomic E-state index is -0.833. The van der Waals surface area contributed by atoms with Crippen LogP contribution >= 0.6 is 23.6 Å². The van der Waals surface area contributed by atoms with Gasteiger partial charge in [0.1, 0.15) is 11.8 Å². The van der Waals surface area contributed by atoms with Crippen LogP contribution in [0.1, 0.15) is 18.5 Å². The third-order valence-electron chi connectivity index (χ3n) is 3.65. The van der Waals surface area contributed by atoms with Crippen LogP contribution in [0.3, 0.4) is 0 Å². The summed E-state index contributed by atoms with van der Waals surface area (Å²) in [5.41, 5.74) is 0.578. The van der Waals surface area contributed by atoms with Gasteiger partial charge in [-0.15, -0.1) is 5.10 Å². The molecular weight excluding hydrogens is 350 g/mol. The van der Waals surface area contributed by atoms with Crippen LogP contribution in [0.2, 0.25) is 0 Å². The van der Waals surface area contributed by atoms with E-state index >= 15 is 0 Å². The SMILES string of the molecule is COc1ccccc1[C@H]1C(C(C)=O)=C(O)C(=O)N1c1n[nH]c(=S)s1. The van der Waals surface area contributed by atoms with Gasteiger partial charge in [0, 0.05) is 5.56 Å². The number of carbonyl (C=O) groups excluding carboxylic acids is 2. The summed E-state index contributed by atoms with van der Waals surface area (Å²) in [6, 6.07) is 6.16. The molecule has 7 nitrogen and oxygen atoms in total. The molecule has 0 spiro atoms. The van der Waals surface area contributed by atoms with Crippen LogP contribution in [-0.4, -0.2) is 34.1 Å². The molecule has 1 atom stereocenters. The van der Waals surface area contributed by atoms with Crippen molar-refractivity contribution in [2.45, 2.75) is 13.0 Å². The van der Waals surface area contributed by atoms with Crippen molar-refractivity contribution in [3.05, 3.63) is 45.1 Å². The number of aliphatic hydroxyl groups is 1. The first-order valence-electron chi connectivity index (χ1n) is 6.91. The number of aliphatic hydroxyl groups excluding tert-OH is 1. The van der Waals surface area contributed by atoms with Crippen LogP contribution in [0.5, 0.6) is 5.75 Å². The highest BCUT2D eigenvalue weighted by molar-refractivity contribution is 7.73. The molecule has 0 unspecified atom stereocenters. The minimum Gasteiger partial charge on any atom is -0.503 e. The number of H-pyrrole nitrogens is 1. The van der Waals surface area contributed by atoms with Crippen LogP contribution in [0.4, 0.5) is 5.13 Å². The largest absolute Gasteiger partial charge is 0.503 e. The van der Waals surface area contributed by atoms with E-state index in [1.807, 2.05) is 0 Å². The van der Waals surface area contributed by atoms with Gasteiger partial charge in [-0.25, -0.2) is 0 Å². The maximum absolute atomic E-state index is 12.6. The van der Waals surface area contributed by atoms with Gasteiger partial charge in [0.25, 0.3) is 5.91 Å². The zero-order valence-electron chi connectivity index (χ0n) is 12.8. The van der Waals surface area contributed by atoms with Gasteiger partial charge in [-0.3, -0.25) is 19.6 Å². The minimum absolute atomic E-state index is 0.00520. The predicted molar refractivity (Wildman–Crippen MR) is 90.9 cm³/mol. The first-order valence-corrected chi connectivity index (χ1v) is 8.14. The average Bonchev–Trinajstić information content (AvgIpc) is 3.09. The molecule has 2 N–H and O–H groups in total. The van der Waals surface area contributed by atoms with Gasteiger partial charge in [-0.2, -0.15) is 0 Å². The number of aromatic amines is 1. The highest BCUT2D eigenvalue weighted by atomic mass is 32.1. The van der Waals surface area contributed by atoms with Crippen molar-refractivity contribution in [3.8, 4) is 5.75 Å². The lowest BCUT2D eigenvalue weighted by Crippen LogP contribution is -2.31. The third kappa shape index (κ3) is 2.51. The highest BCUT2D eigenvalue weighted by Crippen LogP contribution is 2.44. The molecule has 0 radical (unpaired) electrons. The predicted octanol–water partition coefficient (Wildman–Crippen LogP) is 2.70. The van der Waals surface area contributed by atoms with Crippen LogP contribution in [0.25, 0.3) is 0 Å². The van der Waals surface area contributed by atoms with E-state index in [2.05, 4.69) is 10.2 Å². The maximum atomic E-state index is 12.6. The van der Waals surface area contributed by atoms with Gasteiger partial charge in [0.2, 0.25) is 5.13 Å². The Bertz CT molecular complexity index is 915. The lowest BCUT2D eigenvalue weighted by Gasteiger charge is -2.25. The lowest BCUT2D eigenvalue weighted by molar-refractivity contribution is -0.117. The van der Waals surface area contributed by atoms with Gasteiger partial charge >= 0.3 is 0 Å². The Hall–Kier alpha value is -2.52. The van der Waals surface area contributed by atoms with Crippen LogP contribution in [-0.2, 0) is 9.59 Å². The number of benzene rings is 1. The summed E-state index contributed by atoms with van der Waals surface area (Å²) in [7, 11) is 1.50. The van der Waals surface area contributed by atoms with Crippen molar-refractivity contribution >= 4 is 40.4 Å². The molecule has 0 aliphatic carbocycles. The molecule has 0 saturated heterocycles. The Kier molecular flexibility index (Phi) is 4.20. The van der Waals surface area contributed by atoms with E-state index in [-0.39, 0.29) is 10.7 Å². The van der Waals surface area contributed by atoms with Gasteiger partial charge in [0.15, 0.2) is 15.5 Å². The number of carbonyl (C=O) groups is 2. The molecule has 1 aromatic carbocycles. The number of Topliss-reactive ketones (excluding diaryl/α,β-unsaturated/α-hetero) is 1. The molecule has 0 bridgehead atoms. The smallest absolute Gasteiger partial charge is 0.296 e. The number of ketones is 1. The molecule has 9 heteroatoms. The number of ether oxygens (including phenoxy) is 1. The Morgan fingerprint density at radius 3 is 2.75 bits per heavy atom. The normalized spacial score (nSPS) is 17.5. The van der Waals surface area contributed by atoms with Gasteiger partial charge < -0.3 is 9.84 Å². The van der Waals surface area contributed by atoms with Gasteiger partial charge in [-0.1, -0.05) is 29.5 Å². The van der Waals surface area contributed by atoms with E-state index in [0.717, 1.165) is 11.3 Å². The molecule has 0 fully saturated rings. The number of para-hydroxylation sites is 1. The molecule has 1 aliphatic heterocycles. The molecule has 24 heavy (non-hydrogen) atoms. The molecular formula is C15H13N3O4S2. The number of amides is 1. The van der Waals surface area contributed by atoms with Crippen molar-refractivity contribution < 1.29 is 19.4 Å². The zero-order valence-corrected chi connectivity index (χ0v) is 14.4. The standard InChI is InChI=1S/C15H13N3O4S2/c1-7(19)10-11(8-5-3-4-6-9(8)22-2)18(13(21)12(10)20)14-16-17-15(23)24-14/h3-6,11,20H,1-2H3,(H,17,23)/t11-/m0/s1. The van der Waals surface area contributed by atoms with Crippen LogP contribution in [0.15, 0.2) is 35.6 Å². The number of hydrogen-bond acceptors (Lipinski definition) is 7. The fraction of sp³-hybridized carbons (Fsp3) is 0.200. The zero-order chi connectivity index (χ0) is 17.4. The summed E-state index contributed by atoms with van der Waals surface area (Å²) < 4.78 is 5.73. The first kappa shape index (κ1) is 16.3. The lowest BCUT2D eigenvalue weighted by atomic mass is 9.96. The number of rotatable bonds is 4. The fourth-order valence-electron chi connectivity index (χ4n) is 2.67. The van der Waals surface area contributed by atoms with E-state index in [9.17, 15) is 14.7 Å². The first-order chi connectivity index (χ1) is 11.5. The second kappa shape index (κ2) is 6.17. The van der Waals surface area contributed by atoms with Crippen molar-refractivity contribution in [3.63, 3.8) is 0 Å². The number of nitrogens with one attached hydrogen (secondary N) is 1. The molecule has 2 aromatic rings. The number of methoxy groups -OCH3 is 1. The maximum Gasteiger partial charge on any atom is 0.296 e. The highest BCUT2D eigenvalue weighted by Gasteiger charge is 2.45. The number of aromatic nitrogens is 2. The van der Waals surface area contributed by atoms with E-state index in [1.165, 1.54) is 18.9 Å². The van der Waals surface area contributed by atoms with E-state index in [4.69, 9.17) is 17.0 Å². The van der Waals surface area contributed by atoms with Gasteiger partial charge in [0.05, 0.1) is 12.7 Å². The molecule has 3 rings (SSSR count). The molecule has 1 amide bonds. The summed E-state index contributed by atoms with van der Waals surface area (Å²) in [5.74, 6) is -1.19.